The smallest absolute Gasteiger partial charge is 0.332 e. The molecule has 0 aromatic carbocycles. The van der Waals surface area contributed by atoms with E-state index in [1.807, 2.05) is 6.92 Å². The van der Waals surface area contributed by atoms with Crippen LogP contribution in [-0.2, 0) is 9.53 Å². The fourth-order valence-corrected chi connectivity index (χ4v) is 2.48. The molecule has 1 atom stereocenters. The van der Waals surface area contributed by atoms with Crippen LogP contribution >= 0.6 is 11.8 Å². The monoisotopic (exact) mass is 263 g/mol. The second-order valence-corrected chi connectivity index (χ2v) is 4.93. The largest absolute Gasteiger partial charge is 0.479 e. The van der Waals surface area contributed by atoms with Crippen LogP contribution in [0.2, 0.25) is 0 Å². The number of thioether (sulfide) groups is 1. The highest BCUT2D eigenvalue weighted by molar-refractivity contribution is 7.99. The number of ether oxygens (including phenoxy) is 1. The minimum absolute atomic E-state index is 0.459. The number of hydrogen-bond acceptors (Lipinski definition) is 4. The molecule has 102 valence electrons. The summed E-state index contributed by atoms with van der Waals surface area (Å²) in [6.07, 6.45) is -0.0486. The number of carboxylic acids is 1. The molecule has 1 N–H and O–H groups in total. The van der Waals surface area contributed by atoms with Gasteiger partial charge in [0.05, 0.1) is 0 Å². The molecule has 17 heavy (non-hydrogen) atoms. The molecular formula is C12H25NO3S. The number of rotatable bonds is 11. The number of aliphatic carboxylic acids is 1. The summed E-state index contributed by atoms with van der Waals surface area (Å²) in [6, 6.07) is 0. The Morgan fingerprint density at radius 1 is 1.29 bits per heavy atom. The molecule has 0 saturated carbocycles. The van der Waals surface area contributed by atoms with Crippen molar-refractivity contribution >= 4 is 17.7 Å². The van der Waals surface area contributed by atoms with E-state index in [9.17, 15) is 4.79 Å². The van der Waals surface area contributed by atoms with E-state index < -0.39 is 12.1 Å². The van der Waals surface area contributed by atoms with Crippen molar-refractivity contribution in [2.45, 2.75) is 33.3 Å². The molecule has 0 fully saturated rings. The minimum atomic E-state index is -0.851. The summed E-state index contributed by atoms with van der Waals surface area (Å²) >= 11 is 1.80. The topological polar surface area (TPSA) is 49.8 Å². The molecule has 0 heterocycles. The van der Waals surface area contributed by atoms with Crippen LogP contribution in [0.1, 0.15) is 27.2 Å². The second-order valence-electron chi connectivity index (χ2n) is 3.71. The van der Waals surface area contributed by atoms with Crippen molar-refractivity contribution in [3.63, 3.8) is 0 Å². The maximum atomic E-state index is 10.8. The van der Waals surface area contributed by atoms with Crippen LogP contribution in [0.5, 0.6) is 0 Å². The third-order valence-corrected chi connectivity index (χ3v) is 3.61. The summed E-state index contributed by atoms with van der Waals surface area (Å²) in [6.45, 7) is 9.82. The van der Waals surface area contributed by atoms with Gasteiger partial charge in [-0.1, -0.05) is 13.8 Å². The number of hydrogen-bond donors (Lipinski definition) is 1. The van der Waals surface area contributed by atoms with Gasteiger partial charge in [0.25, 0.3) is 0 Å². The van der Waals surface area contributed by atoms with Crippen LogP contribution in [0, 0.1) is 0 Å². The highest BCUT2D eigenvalue weighted by atomic mass is 32.2. The zero-order valence-electron chi connectivity index (χ0n) is 11.1. The third kappa shape index (κ3) is 8.46. The summed E-state index contributed by atoms with van der Waals surface area (Å²) < 4.78 is 5.15. The van der Waals surface area contributed by atoms with Crippen molar-refractivity contribution in [3.8, 4) is 0 Å². The SMILES string of the molecule is CCOC(CCSCCN(CC)CC)C(=O)O. The zero-order chi connectivity index (χ0) is 13.1. The van der Waals surface area contributed by atoms with Gasteiger partial charge in [0.2, 0.25) is 0 Å². The molecule has 0 aromatic heterocycles. The molecule has 0 rings (SSSR count). The van der Waals surface area contributed by atoms with Gasteiger partial charge in [-0.25, -0.2) is 4.79 Å². The normalized spacial score (nSPS) is 12.9. The molecule has 0 aliphatic carbocycles. The summed E-state index contributed by atoms with van der Waals surface area (Å²) in [5.74, 6) is 1.05. The Hall–Kier alpha value is -0.260. The molecule has 0 amide bonds. The molecule has 0 radical (unpaired) electrons. The van der Waals surface area contributed by atoms with E-state index in [1.54, 1.807) is 11.8 Å². The van der Waals surface area contributed by atoms with Crippen LogP contribution in [0.3, 0.4) is 0 Å². The Balaban J connectivity index is 3.57. The van der Waals surface area contributed by atoms with Gasteiger partial charge < -0.3 is 14.7 Å². The molecule has 0 aromatic rings. The molecule has 1 unspecified atom stereocenters. The highest BCUT2D eigenvalue weighted by Crippen LogP contribution is 2.08. The van der Waals surface area contributed by atoms with Crippen molar-refractivity contribution in [2.75, 3.05) is 37.7 Å². The molecule has 0 aliphatic heterocycles. The quantitative estimate of drug-likeness (QED) is 0.577. The van der Waals surface area contributed by atoms with E-state index in [2.05, 4.69) is 18.7 Å². The average Bonchev–Trinajstić information content (AvgIpc) is 2.32. The van der Waals surface area contributed by atoms with Crippen molar-refractivity contribution in [1.29, 1.82) is 0 Å². The van der Waals surface area contributed by atoms with Gasteiger partial charge in [-0.05, 0) is 32.2 Å². The van der Waals surface area contributed by atoms with Crippen LogP contribution in [0.15, 0.2) is 0 Å². The lowest BCUT2D eigenvalue weighted by molar-refractivity contribution is -0.150. The van der Waals surface area contributed by atoms with E-state index >= 15 is 0 Å². The zero-order valence-corrected chi connectivity index (χ0v) is 12.0. The first kappa shape index (κ1) is 16.7. The number of carboxylic acid groups (broad SMARTS) is 1. The summed E-state index contributed by atoms with van der Waals surface area (Å²) in [5, 5.41) is 8.88. The van der Waals surface area contributed by atoms with Crippen molar-refractivity contribution in [2.24, 2.45) is 0 Å². The maximum absolute atomic E-state index is 10.8. The first-order valence-electron chi connectivity index (χ1n) is 6.30. The Labute approximate surface area is 109 Å². The van der Waals surface area contributed by atoms with Crippen molar-refractivity contribution < 1.29 is 14.6 Å². The first-order valence-corrected chi connectivity index (χ1v) is 7.45. The van der Waals surface area contributed by atoms with Gasteiger partial charge >= 0.3 is 5.97 Å². The molecule has 5 heteroatoms. The van der Waals surface area contributed by atoms with Gasteiger partial charge in [-0.3, -0.25) is 0 Å². The molecule has 4 nitrogen and oxygen atoms in total. The minimum Gasteiger partial charge on any atom is -0.479 e. The maximum Gasteiger partial charge on any atom is 0.332 e. The van der Waals surface area contributed by atoms with Crippen LogP contribution in [-0.4, -0.2) is 59.8 Å². The predicted molar refractivity (Wildman–Crippen MR) is 72.8 cm³/mol. The summed E-state index contributed by atoms with van der Waals surface area (Å²) in [7, 11) is 0. The Morgan fingerprint density at radius 2 is 1.94 bits per heavy atom. The molecule has 0 aliphatic rings. The van der Waals surface area contributed by atoms with Gasteiger partial charge in [0.1, 0.15) is 0 Å². The highest BCUT2D eigenvalue weighted by Gasteiger charge is 2.16. The molecular weight excluding hydrogens is 238 g/mol. The van der Waals surface area contributed by atoms with Crippen molar-refractivity contribution in [1.82, 2.24) is 4.90 Å². The molecule has 0 spiro atoms. The molecule has 0 saturated heterocycles. The summed E-state index contributed by atoms with van der Waals surface area (Å²) in [5.41, 5.74) is 0. The van der Waals surface area contributed by atoms with Gasteiger partial charge in [-0.2, -0.15) is 11.8 Å². The van der Waals surface area contributed by atoms with E-state index in [0.29, 0.717) is 13.0 Å². The standard InChI is InChI=1S/C12H25NO3S/c1-4-13(5-2)8-10-17-9-7-11(12(14)15)16-6-3/h11H,4-10H2,1-3H3,(H,14,15). The van der Waals surface area contributed by atoms with Crippen LogP contribution < -0.4 is 0 Å². The van der Waals surface area contributed by atoms with E-state index in [0.717, 1.165) is 31.1 Å². The van der Waals surface area contributed by atoms with Crippen molar-refractivity contribution in [3.05, 3.63) is 0 Å². The Bertz CT molecular complexity index is 198. The Morgan fingerprint density at radius 3 is 2.41 bits per heavy atom. The van der Waals surface area contributed by atoms with E-state index in [1.165, 1.54) is 0 Å². The average molecular weight is 263 g/mol. The lowest BCUT2D eigenvalue weighted by atomic mass is 10.3. The predicted octanol–water partition coefficient (Wildman–Crippen LogP) is 1.94. The van der Waals surface area contributed by atoms with Gasteiger partial charge in [0.15, 0.2) is 6.10 Å². The van der Waals surface area contributed by atoms with E-state index in [4.69, 9.17) is 9.84 Å². The van der Waals surface area contributed by atoms with Crippen LogP contribution in [0.25, 0.3) is 0 Å². The third-order valence-electron chi connectivity index (χ3n) is 2.61. The fraction of sp³-hybridized carbons (Fsp3) is 0.917. The lowest BCUT2D eigenvalue weighted by Gasteiger charge is -2.17. The van der Waals surface area contributed by atoms with Gasteiger partial charge in [0, 0.05) is 18.9 Å². The fourth-order valence-electron chi connectivity index (χ4n) is 1.51. The second kappa shape index (κ2) is 10.9. The first-order chi connectivity index (χ1) is 8.15. The van der Waals surface area contributed by atoms with E-state index in [-0.39, 0.29) is 0 Å². The summed E-state index contributed by atoms with van der Waals surface area (Å²) in [4.78, 5) is 13.2. The van der Waals surface area contributed by atoms with Gasteiger partial charge in [-0.15, -0.1) is 0 Å². The lowest BCUT2D eigenvalue weighted by Crippen LogP contribution is -2.26. The number of nitrogens with zero attached hydrogens (tertiary/aromatic N) is 1. The van der Waals surface area contributed by atoms with Crippen LogP contribution in [0.4, 0.5) is 0 Å². The molecule has 0 bridgehead atoms. The number of carbonyl (C=O) groups is 1. The Kier molecular flexibility index (Phi) is 10.7.